The van der Waals surface area contributed by atoms with Gasteiger partial charge >= 0.3 is 0 Å². The molecule has 2 heterocycles. The van der Waals surface area contributed by atoms with Gasteiger partial charge in [0.1, 0.15) is 11.6 Å². The van der Waals surface area contributed by atoms with Crippen LogP contribution in [0.5, 0.6) is 0 Å². The quantitative estimate of drug-likeness (QED) is 0.796. The van der Waals surface area contributed by atoms with Gasteiger partial charge in [0.15, 0.2) is 0 Å². The molecule has 0 amide bonds. The van der Waals surface area contributed by atoms with Crippen molar-refractivity contribution in [1.82, 2.24) is 18.9 Å². The highest BCUT2D eigenvalue weighted by Crippen LogP contribution is 2.14. The second-order valence-corrected chi connectivity index (χ2v) is 4.04. The topological polar surface area (TPSA) is 43.6 Å². The summed E-state index contributed by atoms with van der Waals surface area (Å²) in [5, 5.41) is 0.924. The van der Waals surface area contributed by atoms with Gasteiger partial charge in [-0.3, -0.25) is 4.57 Å². The molecule has 4 nitrogen and oxygen atoms in total. The van der Waals surface area contributed by atoms with E-state index in [2.05, 4.69) is 28.2 Å². The summed E-state index contributed by atoms with van der Waals surface area (Å²) in [6, 6.07) is 0. The maximum absolute atomic E-state index is 4.44. The van der Waals surface area contributed by atoms with Crippen LogP contribution < -0.4 is 0 Å². The lowest BCUT2D eigenvalue weighted by atomic mass is 10.3. The van der Waals surface area contributed by atoms with Crippen LogP contribution in [0.25, 0.3) is 5.13 Å². The molecule has 2 aromatic rings. The monoisotopic (exact) mass is 222 g/mol. The Bertz CT molecular complexity index is 432. The zero-order valence-corrected chi connectivity index (χ0v) is 9.79. The highest BCUT2D eigenvalue weighted by Gasteiger charge is 2.08. The average molecular weight is 222 g/mol. The molecule has 80 valence electrons. The van der Waals surface area contributed by atoms with Crippen molar-refractivity contribution >= 4 is 11.5 Å². The van der Waals surface area contributed by atoms with Crippen LogP contribution in [0.4, 0.5) is 0 Å². The molecule has 5 heteroatoms. The molecule has 2 aromatic heterocycles. The van der Waals surface area contributed by atoms with Gasteiger partial charge in [0.05, 0.1) is 0 Å². The summed E-state index contributed by atoms with van der Waals surface area (Å²) < 4.78 is 6.30. The lowest BCUT2D eigenvalue weighted by molar-refractivity contribution is 0.803. The van der Waals surface area contributed by atoms with Crippen molar-refractivity contribution in [2.45, 2.75) is 33.1 Å². The number of nitrogens with zero attached hydrogens (tertiary/aromatic N) is 4. The molecule has 0 saturated carbocycles. The molecule has 0 N–H and O–H groups in total. The molecule has 0 bridgehead atoms. The minimum absolute atomic E-state index is 0.883. The first-order valence-corrected chi connectivity index (χ1v) is 5.97. The van der Waals surface area contributed by atoms with Crippen molar-refractivity contribution in [3.63, 3.8) is 0 Å². The maximum Gasteiger partial charge on any atom is 0.214 e. The Hall–Kier alpha value is -1.23. The lowest BCUT2D eigenvalue weighted by Crippen LogP contribution is -1.99. The Morgan fingerprint density at radius 3 is 2.93 bits per heavy atom. The normalized spacial score (nSPS) is 10.8. The summed E-state index contributed by atoms with van der Waals surface area (Å²) >= 11 is 1.43. The van der Waals surface area contributed by atoms with E-state index >= 15 is 0 Å². The van der Waals surface area contributed by atoms with E-state index in [-0.39, 0.29) is 0 Å². The Kier molecular flexibility index (Phi) is 3.11. The second-order valence-electron chi connectivity index (χ2n) is 3.31. The van der Waals surface area contributed by atoms with Gasteiger partial charge in [0.25, 0.3) is 0 Å². The fraction of sp³-hybridized carbons (Fsp3) is 0.500. The summed E-state index contributed by atoms with van der Waals surface area (Å²) in [6.07, 6.45) is 6.72. The molecular weight excluding hydrogens is 208 g/mol. The van der Waals surface area contributed by atoms with Gasteiger partial charge in [0, 0.05) is 36.8 Å². The molecule has 2 rings (SSSR count). The van der Waals surface area contributed by atoms with Crippen LogP contribution in [0.3, 0.4) is 0 Å². The van der Waals surface area contributed by atoms with Gasteiger partial charge in [-0.1, -0.05) is 13.8 Å². The summed E-state index contributed by atoms with van der Waals surface area (Å²) in [7, 11) is 0. The predicted molar refractivity (Wildman–Crippen MR) is 60.4 cm³/mol. The van der Waals surface area contributed by atoms with E-state index in [1.165, 1.54) is 11.5 Å². The molecule has 0 aliphatic carbocycles. The minimum atomic E-state index is 0.883. The van der Waals surface area contributed by atoms with E-state index in [0.717, 1.165) is 36.0 Å². The fourth-order valence-electron chi connectivity index (χ4n) is 1.40. The van der Waals surface area contributed by atoms with E-state index in [0.29, 0.717) is 0 Å². The van der Waals surface area contributed by atoms with Gasteiger partial charge in [-0.05, 0) is 6.42 Å². The van der Waals surface area contributed by atoms with E-state index in [9.17, 15) is 0 Å². The Morgan fingerprint density at radius 2 is 2.27 bits per heavy atom. The number of hydrogen-bond donors (Lipinski definition) is 0. The zero-order valence-electron chi connectivity index (χ0n) is 8.97. The smallest absolute Gasteiger partial charge is 0.214 e. The summed E-state index contributed by atoms with van der Waals surface area (Å²) in [4.78, 5) is 8.76. The van der Waals surface area contributed by atoms with Gasteiger partial charge < -0.3 is 0 Å². The standard InChI is InChI=1S/C10H14N4S/c1-3-5-9-11-6-7-14(9)10-12-8(4-2)13-15-10/h6-7H,3-5H2,1-2H3. The van der Waals surface area contributed by atoms with Gasteiger partial charge in [-0.2, -0.15) is 4.37 Å². The SMILES string of the molecule is CCCc1nccn1-c1nc(CC)ns1. The molecule has 0 unspecified atom stereocenters. The van der Waals surface area contributed by atoms with Gasteiger partial charge in [-0.15, -0.1) is 0 Å². The first-order valence-electron chi connectivity index (χ1n) is 5.20. The summed E-state index contributed by atoms with van der Waals surface area (Å²) in [5.74, 6) is 1.97. The summed E-state index contributed by atoms with van der Waals surface area (Å²) in [5.41, 5.74) is 0. The minimum Gasteiger partial charge on any atom is -0.278 e. The van der Waals surface area contributed by atoms with Crippen LogP contribution in [0.1, 0.15) is 31.9 Å². The molecule has 0 spiro atoms. The van der Waals surface area contributed by atoms with Gasteiger partial charge in [0.2, 0.25) is 5.13 Å². The predicted octanol–water partition coefficient (Wildman–Crippen LogP) is 2.24. The van der Waals surface area contributed by atoms with E-state index in [1.807, 2.05) is 17.0 Å². The van der Waals surface area contributed by atoms with Crippen LogP contribution in [-0.2, 0) is 12.8 Å². The molecule has 15 heavy (non-hydrogen) atoms. The molecule has 0 saturated heterocycles. The number of aryl methyl sites for hydroxylation is 2. The first-order chi connectivity index (χ1) is 7.35. The largest absolute Gasteiger partial charge is 0.278 e. The van der Waals surface area contributed by atoms with Crippen molar-refractivity contribution in [1.29, 1.82) is 0 Å². The summed E-state index contributed by atoms with van der Waals surface area (Å²) in [6.45, 7) is 4.21. The van der Waals surface area contributed by atoms with Gasteiger partial charge in [-0.25, -0.2) is 9.97 Å². The Balaban J connectivity index is 2.31. The van der Waals surface area contributed by atoms with Crippen LogP contribution in [0.15, 0.2) is 12.4 Å². The number of aromatic nitrogens is 4. The average Bonchev–Trinajstić information content (AvgIpc) is 2.85. The highest BCUT2D eigenvalue weighted by atomic mass is 32.1. The van der Waals surface area contributed by atoms with Crippen molar-refractivity contribution in [2.75, 3.05) is 0 Å². The highest BCUT2D eigenvalue weighted by molar-refractivity contribution is 7.08. The molecule has 0 aliphatic rings. The van der Waals surface area contributed by atoms with Crippen molar-refractivity contribution in [3.8, 4) is 5.13 Å². The molecule has 0 fully saturated rings. The number of rotatable bonds is 4. The first kappa shape index (κ1) is 10.3. The van der Waals surface area contributed by atoms with Crippen LogP contribution in [0, 0.1) is 0 Å². The zero-order chi connectivity index (χ0) is 10.7. The van der Waals surface area contributed by atoms with Crippen LogP contribution in [-0.4, -0.2) is 18.9 Å². The molecule has 0 aliphatic heterocycles. The number of imidazole rings is 1. The number of hydrogen-bond acceptors (Lipinski definition) is 4. The van der Waals surface area contributed by atoms with Crippen molar-refractivity contribution in [3.05, 3.63) is 24.0 Å². The Labute approximate surface area is 93.2 Å². The third-order valence-corrected chi connectivity index (χ3v) is 2.92. The van der Waals surface area contributed by atoms with E-state index in [4.69, 9.17) is 0 Å². The fourth-order valence-corrected chi connectivity index (χ4v) is 2.16. The van der Waals surface area contributed by atoms with Crippen LogP contribution in [0.2, 0.25) is 0 Å². The third kappa shape index (κ3) is 2.07. The molecule has 0 aromatic carbocycles. The third-order valence-electron chi connectivity index (χ3n) is 2.17. The van der Waals surface area contributed by atoms with Crippen molar-refractivity contribution < 1.29 is 0 Å². The van der Waals surface area contributed by atoms with E-state index in [1.54, 1.807) is 0 Å². The molecule has 0 atom stereocenters. The maximum atomic E-state index is 4.44. The van der Waals surface area contributed by atoms with E-state index < -0.39 is 0 Å². The molecular formula is C10H14N4S. The second kappa shape index (κ2) is 4.53. The Morgan fingerprint density at radius 1 is 1.40 bits per heavy atom. The lowest BCUT2D eigenvalue weighted by Gasteiger charge is -2.00. The molecule has 0 radical (unpaired) electrons. The van der Waals surface area contributed by atoms with Crippen molar-refractivity contribution in [2.24, 2.45) is 0 Å². The van der Waals surface area contributed by atoms with Crippen LogP contribution >= 0.6 is 11.5 Å².